The van der Waals surface area contributed by atoms with Crippen molar-refractivity contribution in [3.63, 3.8) is 0 Å². The van der Waals surface area contributed by atoms with Crippen LogP contribution >= 0.6 is 0 Å². The van der Waals surface area contributed by atoms with Crippen molar-refractivity contribution < 1.29 is 0 Å². The molecular formula is C16H32. The first-order valence-electron chi connectivity index (χ1n) is 7.16. The van der Waals surface area contributed by atoms with Crippen LogP contribution in [0.1, 0.15) is 73.1 Å². The molecule has 0 nitrogen and oxygen atoms in total. The predicted molar refractivity (Wildman–Crippen MR) is 75.7 cm³/mol. The van der Waals surface area contributed by atoms with Crippen molar-refractivity contribution in [3.8, 4) is 0 Å². The number of hydrogen-bond donors (Lipinski definition) is 0. The first-order chi connectivity index (χ1) is 7.51. The van der Waals surface area contributed by atoms with E-state index in [0.29, 0.717) is 5.92 Å². The molecule has 0 spiro atoms. The highest BCUT2D eigenvalue weighted by Gasteiger charge is 2.13. The molecule has 0 fully saturated rings. The SMILES string of the molecule is C=C(C)C(C)CC(CC)CCC(C)CCC. The third-order valence-corrected chi connectivity index (χ3v) is 3.95. The summed E-state index contributed by atoms with van der Waals surface area (Å²) in [6.45, 7) is 15.6. The van der Waals surface area contributed by atoms with Crippen LogP contribution in [0.25, 0.3) is 0 Å². The standard InChI is InChI=1S/C16H32/c1-7-9-14(5)10-11-16(8-2)12-15(6)13(3)4/h14-16H,3,7-12H2,1-2,4-6H3. The summed E-state index contributed by atoms with van der Waals surface area (Å²) in [5, 5.41) is 0. The van der Waals surface area contributed by atoms with Crippen molar-refractivity contribution in [2.45, 2.75) is 73.1 Å². The zero-order chi connectivity index (χ0) is 12.6. The van der Waals surface area contributed by atoms with Crippen LogP contribution in [0.2, 0.25) is 0 Å². The van der Waals surface area contributed by atoms with Gasteiger partial charge in [0.05, 0.1) is 0 Å². The van der Waals surface area contributed by atoms with Gasteiger partial charge in [-0.15, -0.1) is 0 Å². The molecule has 0 N–H and O–H groups in total. The first kappa shape index (κ1) is 15.7. The van der Waals surface area contributed by atoms with Crippen LogP contribution in [0.5, 0.6) is 0 Å². The van der Waals surface area contributed by atoms with Gasteiger partial charge in [-0.2, -0.15) is 0 Å². The summed E-state index contributed by atoms with van der Waals surface area (Å²) in [6.07, 6.45) is 8.22. The summed E-state index contributed by atoms with van der Waals surface area (Å²) < 4.78 is 0. The van der Waals surface area contributed by atoms with Gasteiger partial charge in [-0.05, 0) is 31.1 Å². The predicted octanol–water partition coefficient (Wildman–Crippen LogP) is 5.83. The van der Waals surface area contributed by atoms with E-state index in [2.05, 4.69) is 41.2 Å². The molecule has 0 radical (unpaired) electrons. The van der Waals surface area contributed by atoms with E-state index >= 15 is 0 Å². The minimum absolute atomic E-state index is 0.700. The Morgan fingerprint density at radius 3 is 2.12 bits per heavy atom. The third-order valence-electron chi connectivity index (χ3n) is 3.95. The van der Waals surface area contributed by atoms with Gasteiger partial charge in [-0.25, -0.2) is 0 Å². The van der Waals surface area contributed by atoms with Crippen LogP contribution in [0.3, 0.4) is 0 Å². The molecule has 0 aromatic rings. The Bertz CT molecular complexity index is 180. The van der Waals surface area contributed by atoms with Gasteiger partial charge in [0.2, 0.25) is 0 Å². The zero-order valence-electron chi connectivity index (χ0n) is 12.2. The van der Waals surface area contributed by atoms with Crippen molar-refractivity contribution >= 4 is 0 Å². The van der Waals surface area contributed by atoms with Crippen molar-refractivity contribution in [3.05, 3.63) is 12.2 Å². The van der Waals surface area contributed by atoms with Gasteiger partial charge in [0, 0.05) is 0 Å². The fourth-order valence-electron chi connectivity index (χ4n) is 2.35. The van der Waals surface area contributed by atoms with Crippen molar-refractivity contribution in [2.24, 2.45) is 17.8 Å². The summed E-state index contributed by atoms with van der Waals surface area (Å²) in [4.78, 5) is 0. The second-order valence-corrected chi connectivity index (χ2v) is 5.73. The van der Waals surface area contributed by atoms with Crippen LogP contribution in [-0.2, 0) is 0 Å². The lowest BCUT2D eigenvalue weighted by Gasteiger charge is -2.21. The first-order valence-corrected chi connectivity index (χ1v) is 7.16. The Hall–Kier alpha value is -0.260. The number of hydrogen-bond acceptors (Lipinski definition) is 0. The average Bonchev–Trinajstić information content (AvgIpc) is 2.24. The van der Waals surface area contributed by atoms with Gasteiger partial charge < -0.3 is 0 Å². The molecule has 0 aliphatic heterocycles. The molecule has 0 rings (SSSR count). The highest BCUT2D eigenvalue weighted by Crippen LogP contribution is 2.26. The maximum Gasteiger partial charge on any atom is -0.0234 e. The van der Waals surface area contributed by atoms with Crippen LogP contribution in [-0.4, -0.2) is 0 Å². The lowest BCUT2D eigenvalue weighted by atomic mass is 9.85. The summed E-state index contributed by atoms with van der Waals surface area (Å²) in [6, 6.07) is 0. The Kier molecular flexibility index (Phi) is 8.70. The van der Waals surface area contributed by atoms with E-state index in [-0.39, 0.29) is 0 Å². The summed E-state index contributed by atoms with van der Waals surface area (Å²) in [5.41, 5.74) is 1.35. The Labute approximate surface area is 104 Å². The highest BCUT2D eigenvalue weighted by atomic mass is 14.2. The van der Waals surface area contributed by atoms with E-state index in [0.717, 1.165) is 11.8 Å². The third kappa shape index (κ3) is 7.09. The molecule has 96 valence electrons. The smallest absolute Gasteiger partial charge is 0.0234 e. The van der Waals surface area contributed by atoms with Crippen LogP contribution in [0.15, 0.2) is 12.2 Å². The molecule has 0 bridgehead atoms. The molecule has 0 heteroatoms. The Morgan fingerprint density at radius 2 is 1.69 bits per heavy atom. The second-order valence-electron chi connectivity index (χ2n) is 5.73. The normalized spacial score (nSPS) is 16.8. The Morgan fingerprint density at radius 1 is 1.06 bits per heavy atom. The zero-order valence-corrected chi connectivity index (χ0v) is 12.2. The molecule has 0 saturated carbocycles. The monoisotopic (exact) mass is 224 g/mol. The van der Waals surface area contributed by atoms with Gasteiger partial charge in [0.15, 0.2) is 0 Å². The fourth-order valence-corrected chi connectivity index (χ4v) is 2.35. The van der Waals surface area contributed by atoms with E-state index < -0.39 is 0 Å². The van der Waals surface area contributed by atoms with Crippen molar-refractivity contribution in [1.29, 1.82) is 0 Å². The molecular weight excluding hydrogens is 192 g/mol. The van der Waals surface area contributed by atoms with E-state index in [1.807, 2.05) is 0 Å². The lowest BCUT2D eigenvalue weighted by Crippen LogP contribution is -2.08. The molecule has 16 heavy (non-hydrogen) atoms. The van der Waals surface area contributed by atoms with Crippen molar-refractivity contribution in [2.75, 3.05) is 0 Å². The van der Waals surface area contributed by atoms with Crippen LogP contribution in [0, 0.1) is 17.8 Å². The molecule has 0 aromatic heterocycles. The summed E-state index contributed by atoms with van der Waals surface area (Å²) in [5.74, 6) is 2.52. The molecule has 0 saturated heterocycles. The van der Waals surface area contributed by atoms with Gasteiger partial charge in [0.1, 0.15) is 0 Å². The molecule has 0 amide bonds. The average molecular weight is 224 g/mol. The quantitative estimate of drug-likeness (QED) is 0.432. The van der Waals surface area contributed by atoms with E-state index in [1.54, 1.807) is 0 Å². The van der Waals surface area contributed by atoms with E-state index in [9.17, 15) is 0 Å². The van der Waals surface area contributed by atoms with E-state index in [4.69, 9.17) is 0 Å². The maximum absolute atomic E-state index is 4.07. The molecule has 3 unspecified atom stereocenters. The lowest BCUT2D eigenvalue weighted by molar-refractivity contribution is 0.341. The minimum Gasteiger partial charge on any atom is -0.0999 e. The molecule has 0 aliphatic carbocycles. The topological polar surface area (TPSA) is 0 Å². The Balaban J connectivity index is 3.87. The van der Waals surface area contributed by atoms with Gasteiger partial charge in [0.25, 0.3) is 0 Å². The van der Waals surface area contributed by atoms with Gasteiger partial charge >= 0.3 is 0 Å². The van der Waals surface area contributed by atoms with Crippen LogP contribution < -0.4 is 0 Å². The van der Waals surface area contributed by atoms with E-state index in [1.165, 1.54) is 44.1 Å². The number of rotatable bonds is 9. The molecule has 0 aromatic carbocycles. The number of allylic oxidation sites excluding steroid dienone is 1. The van der Waals surface area contributed by atoms with Crippen LogP contribution in [0.4, 0.5) is 0 Å². The largest absolute Gasteiger partial charge is 0.0999 e. The van der Waals surface area contributed by atoms with Gasteiger partial charge in [-0.3, -0.25) is 0 Å². The van der Waals surface area contributed by atoms with Gasteiger partial charge in [-0.1, -0.05) is 72.0 Å². The fraction of sp³-hybridized carbons (Fsp3) is 0.875. The second kappa shape index (κ2) is 8.84. The molecule has 0 heterocycles. The van der Waals surface area contributed by atoms with Crippen molar-refractivity contribution in [1.82, 2.24) is 0 Å². The minimum atomic E-state index is 0.700. The highest BCUT2D eigenvalue weighted by molar-refractivity contribution is 4.94. The molecule has 3 atom stereocenters. The summed E-state index contributed by atoms with van der Waals surface area (Å²) >= 11 is 0. The maximum atomic E-state index is 4.07. The molecule has 0 aliphatic rings. The summed E-state index contributed by atoms with van der Waals surface area (Å²) in [7, 11) is 0.